The Balaban J connectivity index is 2.27. The molecule has 0 fully saturated rings. The molecular formula is C12H2Br2Cl4O2. The summed E-state index contributed by atoms with van der Waals surface area (Å²) in [7, 11) is 0. The lowest BCUT2D eigenvalue weighted by molar-refractivity contribution is 0.356. The number of benzene rings is 2. The van der Waals surface area contributed by atoms with Gasteiger partial charge in [-0.3, -0.25) is 0 Å². The van der Waals surface area contributed by atoms with Crippen molar-refractivity contribution in [2.75, 3.05) is 0 Å². The molecule has 2 nitrogen and oxygen atoms in total. The maximum absolute atomic E-state index is 6.14. The summed E-state index contributed by atoms with van der Waals surface area (Å²) in [6.45, 7) is 0. The van der Waals surface area contributed by atoms with E-state index in [9.17, 15) is 0 Å². The molecule has 2 aromatic carbocycles. The summed E-state index contributed by atoms with van der Waals surface area (Å²) in [6, 6.07) is 3.25. The maximum Gasteiger partial charge on any atom is 0.191 e. The molecule has 0 saturated heterocycles. The van der Waals surface area contributed by atoms with Gasteiger partial charge in [0.25, 0.3) is 0 Å². The Labute approximate surface area is 151 Å². The highest BCUT2D eigenvalue weighted by atomic mass is 79.9. The van der Waals surface area contributed by atoms with Crippen molar-refractivity contribution < 1.29 is 9.47 Å². The molecule has 0 N–H and O–H groups in total. The minimum absolute atomic E-state index is 0.239. The summed E-state index contributed by atoms with van der Waals surface area (Å²) in [5.41, 5.74) is 0. The Bertz CT molecular complexity index is 688. The molecule has 104 valence electrons. The van der Waals surface area contributed by atoms with E-state index >= 15 is 0 Å². The number of fused-ring (bicyclic) bond motifs is 2. The summed E-state index contributed by atoms with van der Waals surface area (Å²) < 4.78 is 12.8. The number of halogens is 6. The molecule has 0 atom stereocenters. The highest BCUT2D eigenvalue weighted by Gasteiger charge is 2.30. The molecule has 0 aromatic heterocycles. The Morgan fingerprint density at radius 1 is 0.650 bits per heavy atom. The predicted octanol–water partition coefficient (Wildman–Crippen LogP) is 7.72. The van der Waals surface area contributed by atoms with Crippen LogP contribution in [0, 0.1) is 0 Å². The van der Waals surface area contributed by atoms with Crippen LogP contribution in [0.25, 0.3) is 0 Å². The summed E-state index contributed by atoms with van der Waals surface area (Å²) in [5, 5.41) is 1.15. The fourth-order valence-corrected chi connectivity index (χ4v) is 3.68. The molecule has 0 spiro atoms. The third kappa shape index (κ3) is 2.31. The predicted molar refractivity (Wildman–Crippen MR) is 88.5 cm³/mol. The first-order valence-electron chi connectivity index (χ1n) is 5.11. The molecule has 1 heterocycles. The monoisotopic (exact) mass is 476 g/mol. The molecule has 2 aromatic rings. The van der Waals surface area contributed by atoms with Crippen LogP contribution in [0.15, 0.2) is 21.1 Å². The normalized spacial score (nSPS) is 12.3. The van der Waals surface area contributed by atoms with Crippen molar-refractivity contribution in [2.45, 2.75) is 0 Å². The van der Waals surface area contributed by atoms with E-state index in [0.29, 0.717) is 30.5 Å². The van der Waals surface area contributed by atoms with E-state index < -0.39 is 0 Å². The van der Waals surface area contributed by atoms with E-state index in [0.717, 1.165) is 0 Å². The molecule has 0 radical (unpaired) electrons. The fraction of sp³-hybridized carbons (Fsp3) is 0. The molecule has 0 saturated carbocycles. The van der Waals surface area contributed by atoms with Gasteiger partial charge in [0, 0.05) is 0 Å². The van der Waals surface area contributed by atoms with Gasteiger partial charge in [-0.05, 0) is 44.0 Å². The van der Waals surface area contributed by atoms with Crippen LogP contribution in [0.5, 0.6) is 23.0 Å². The van der Waals surface area contributed by atoms with Gasteiger partial charge < -0.3 is 9.47 Å². The third-order valence-electron chi connectivity index (χ3n) is 2.58. The summed E-state index contributed by atoms with van der Waals surface area (Å²) in [4.78, 5) is 0. The van der Waals surface area contributed by atoms with E-state index in [-0.39, 0.29) is 21.5 Å². The van der Waals surface area contributed by atoms with Crippen LogP contribution >= 0.6 is 78.3 Å². The lowest BCUT2D eigenvalue weighted by atomic mass is 10.2. The number of hydrogen-bond acceptors (Lipinski definition) is 2. The summed E-state index contributed by atoms with van der Waals surface area (Å²) in [6.07, 6.45) is 0. The van der Waals surface area contributed by atoms with E-state index in [4.69, 9.17) is 55.9 Å². The first-order valence-corrected chi connectivity index (χ1v) is 8.20. The SMILES string of the molecule is Clc1cc(Br)c2c(c1Cl)Oc1c(Cl)c(Cl)cc(Br)c1O2. The first-order chi connectivity index (χ1) is 9.40. The van der Waals surface area contributed by atoms with Gasteiger partial charge in [-0.25, -0.2) is 0 Å². The Morgan fingerprint density at radius 2 is 1.00 bits per heavy atom. The van der Waals surface area contributed by atoms with Crippen LogP contribution in [0.2, 0.25) is 20.1 Å². The van der Waals surface area contributed by atoms with Crippen molar-refractivity contribution in [1.82, 2.24) is 0 Å². The van der Waals surface area contributed by atoms with Crippen molar-refractivity contribution in [2.24, 2.45) is 0 Å². The molecule has 0 amide bonds. The van der Waals surface area contributed by atoms with Crippen molar-refractivity contribution in [1.29, 1.82) is 0 Å². The molecule has 20 heavy (non-hydrogen) atoms. The molecule has 0 unspecified atom stereocenters. The topological polar surface area (TPSA) is 18.5 Å². The van der Waals surface area contributed by atoms with E-state index in [1.54, 1.807) is 12.1 Å². The van der Waals surface area contributed by atoms with Gasteiger partial charge in [0.1, 0.15) is 10.0 Å². The maximum atomic E-state index is 6.14. The Hall–Kier alpha value is 0.160. The largest absolute Gasteiger partial charge is 0.447 e. The molecule has 3 rings (SSSR count). The zero-order chi connectivity index (χ0) is 14.6. The second-order valence-corrected chi connectivity index (χ2v) is 7.11. The van der Waals surface area contributed by atoms with E-state index in [2.05, 4.69) is 31.9 Å². The molecule has 0 bridgehead atoms. The zero-order valence-electron chi connectivity index (χ0n) is 9.24. The van der Waals surface area contributed by atoms with E-state index in [1.165, 1.54) is 0 Å². The minimum atomic E-state index is 0.239. The van der Waals surface area contributed by atoms with Gasteiger partial charge in [-0.15, -0.1) is 0 Å². The van der Waals surface area contributed by atoms with Crippen molar-refractivity contribution in [3.8, 4) is 23.0 Å². The number of ether oxygens (including phenoxy) is 2. The standard InChI is InChI=1S/C12H2Br2Cl4O2/c13-3-1-5(15)7(17)11-9(3)19-10-4(14)2-6(16)8(18)12(10)20-11/h1-2H. The van der Waals surface area contributed by atoms with Crippen LogP contribution in [0.1, 0.15) is 0 Å². The Morgan fingerprint density at radius 3 is 1.40 bits per heavy atom. The number of rotatable bonds is 0. The second kappa shape index (κ2) is 5.41. The van der Waals surface area contributed by atoms with E-state index in [1.807, 2.05) is 0 Å². The average molecular weight is 480 g/mol. The van der Waals surface area contributed by atoms with Crippen molar-refractivity contribution in [3.63, 3.8) is 0 Å². The van der Waals surface area contributed by atoms with Crippen LogP contribution in [0.3, 0.4) is 0 Å². The second-order valence-electron chi connectivity index (χ2n) is 3.83. The van der Waals surface area contributed by atoms with Crippen LogP contribution < -0.4 is 9.47 Å². The van der Waals surface area contributed by atoms with Crippen LogP contribution in [-0.4, -0.2) is 0 Å². The first kappa shape index (κ1) is 15.1. The van der Waals surface area contributed by atoms with Gasteiger partial charge in [-0.2, -0.15) is 0 Å². The minimum Gasteiger partial charge on any atom is -0.447 e. The Kier molecular flexibility index (Phi) is 4.08. The molecule has 1 aliphatic heterocycles. The van der Waals surface area contributed by atoms with Crippen LogP contribution in [-0.2, 0) is 0 Å². The molecular weight excluding hydrogens is 478 g/mol. The van der Waals surface area contributed by atoms with Gasteiger partial charge in [-0.1, -0.05) is 46.4 Å². The van der Waals surface area contributed by atoms with Gasteiger partial charge in [0.15, 0.2) is 23.0 Å². The van der Waals surface area contributed by atoms with Gasteiger partial charge >= 0.3 is 0 Å². The highest BCUT2D eigenvalue weighted by Crippen LogP contribution is 2.58. The molecule has 8 heteroatoms. The molecule has 1 aliphatic rings. The summed E-state index contributed by atoms with van der Waals surface area (Å²) >= 11 is 31.0. The summed E-state index contributed by atoms with van der Waals surface area (Å²) in [5.74, 6) is 1.42. The fourth-order valence-electron chi connectivity index (χ4n) is 1.69. The third-order valence-corrected chi connectivity index (χ3v) is 5.30. The number of hydrogen-bond donors (Lipinski definition) is 0. The van der Waals surface area contributed by atoms with Gasteiger partial charge in [0.05, 0.1) is 19.0 Å². The molecule has 0 aliphatic carbocycles. The average Bonchev–Trinajstić information content (AvgIpc) is 2.41. The van der Waals surface area contributed by atoms with Gasteiger partial charge in [0.2, 0.25) is 0 Å². The smallest absolute Gasteiger partial charge is 0.191 e. The van der Waals surface area contributed by atoms with Crippen LogP contribution in [0.4, 0.5) is 0 Å². The zero-order valence-corrected chi connectivity index (χ0v) is 15.4. The highest BCUT2D eigenvalue weighted by molar-refractivity contribution is 9.11. The van der Waals surface area contributed by atoms with Crippen molar-refractivity contribution >= 4 is 78.3 Å². The lowest BCUT2D eigenvalue weighted by Crippen LogP contribution is -2.02. The lowest BCUT2D eigenvalue weighted by Gasteiger charge is -2.24. The quantitative estimate of drug-likeness (QED) is 0.307. The van der Waals surface area contributed by atoms with Crippen molar-refractivity contribution in [3.05, 3.63) is 41.2 Å².